The fourth-order valence-corrected chi connectivity index (χ4v) is 2.24. The van der Waals surface area contributed by atoms with E-state index < -0.39 is 27.0 Å². The van der Waals surface area contributed by atoms with Gasteiger partial charge in [-0.25, -0.2) is 8.42 Å². The normalized spacial score (nSPS) is 14.1. The Morgan fingerprint density at radius 3 is 2.29 bits per heavy atom. The van der Waals surface area contributed by atoms with Crippen LogP contribution in [0.1, 0.15) is 25.5 Å². The van der Waals surface area contributed by atoms with Gasteiger partial charge < -0.3 is 14.8 Å². The van der Waals surface area contributed by atoms with Crippen LogP contribution < -0.4 is 14.8 Å². The zero-order valence-corrected chi connectivity index (χ0v) is 13.7. The fourth-order valence-electron chi connectivity index (χ4n) is 1.78. The maximum Gasteiger partial charge on any atom is 0.238 e. The minimum absolute atomic E-state index is 0.410. The van der Waals surface area contributed by atoms with Gasteiger partial charge >= 0.3 is 0 Å². The number of carbonyl (C=O) groups is 1. The van der Waals surface area contributed by atoms with E-state index >= 15 is 0 Å². The summed E-state index contributed by atoms with van der Waals surface area (Å²) in [5, 5.41) is 1.57. The first kappa shape index (κ1) is 17.3. The van der Waals surface area contributed by atoms with Crippen LogP contribution in [0.15, 0.2) is 18.2 Å². The van der Waals surface area contributed by atoms with Crippen molar-refractivity contribution in [3.63, 3.8) is 0 Å². The monoisotopic (exact) mass is 315 g/mol. The molecule has 0 heterocycles. The lowest BCUT2D eigenvalue weighted by molar-refractivity contribution is -0.121. The number of amides is 1. The zero-order chi connectivity index (χ0) is 16.2. The van der Waals surface area contributed by atoms with E-state index in [9.17, 15) is 13.2 Å². The molecule has 0 radical (unpaired) electrons. The molecular weight excluding hydrogens is 294 g/mol. The summed E-state index contributed by atoms with van der Waals surface area (Å²) in [7, 11) is -0.357. The minimum atomic E-state index is -3.43. The summed E-state index contributed by atoms with van der Waals surface area (Å²) in [6.07, 6.45) is 1.04. The van der Waals surface area contributed by atoms with Crippen molar-refractivity contribution in [3.8, 4) is 11.5 Å². The fraction of sp³-hybridized carbons (Fsp3) is 0.500. The Morgan fingerprint density at radius 1 is 1.19 bits per heavy atom. The molecular formula is C14H21NO5S. The summed E-state index contributed by atoms with van der Waals surface area (Å²) in [5.74, 6) is 0.675. The largest absolute Gasteiger partial charge is 0.497 e. The molecule has 0 spiro atoms. The lowest BCUT2D eigenvalue weighted by Gasteiger charge is -2.20. The van der Waals surface area contributed by atoms with Crippen molar-refractivity contribution in [1.29, 1.82) is 0 Å². The predicted octanol–water partition coefficient (Wildman–Crippen LogP) is 1.31. The molecule has 0 saturated carbocycles. The molecule has 0 aliphatic rings. The molecule has 21 heavy (non-hydrogen) atoms. The molecule has 0 bridgehead atoms. The molecule has 0 aliphatic carbocycles. The number of nitrogens with one attached hydrogen (secondary N) is 1. The molecule has 2 atom stereocenters. The van der Waals surface area contributed by atoms with Crippen molar-refractivity contribution in [2.24, 2.45) is 0 Å². The van der Waals surface area contributed by atoms with Crippen molar-refractivity contribution < 1.29 is 22.7 Å². The summed E-state index contributed by atoms with van der Waals surface area (Å²) in [4.78, 5) is 12.0. The first-order valence-corrected chi connectivity index (χ1v) is 8.37. The highest BCUT2D eigenvalue weighted by molar-refractivity contribution is 7.92. The third kappa shape index (κ3) is 4.35. The smallest absolute Gasteiger partial charge is 0.238 e. The van der Waals surface area contributed by atoms with Gasteiger partial charge in [0.15, 0.2) is 9.84 Å². The van der Waals surface area contributed by atoms with Crippen molar-refractivity contribution >= 4 is 15.7 Å². The number of hydrogen-bond donors (Lipinski definition) is 1. The molecule has 1 N–H and O–H groups in total. The number of carbonyl (C=O) groups excluding carboxylic acids is 1. The van der Waals surface area contributed by atoms with Crippen LogP contribution in [0.4, 0.5) is 0 Å². The van der Waals surface area contributed by atoms with E-state index in [1.807, 2.05) is 0 Å². The van der Waals surface area contributed by atoms with Crippen LogP contribution >= 0.6 is 0 Å². The van der Waals surface area contributed by atoms with Gasteiger partial charge in [-0.2, -0.15) is 0 Å². The Balaban J connectivity index is 2.98. The molecule has 1 aromatic carbocycles. The molecule has 0 unspecified atom stereocenters. The topological polar surface area (TPSA) is 81.7 Å². The van der Waals surface area contributed by atoms with E-state index in [4.69, 9.17) is 9.47 Å². The van der Waals surface area contributed by atoms with Gasteiger partial charge in [-0.3, -0.25) is 4.79 Å². The first-order chi connectivity index (χ1) is 9.70. The Hall–Kier alpha value is -1.76. The van der Waals surface area contributed by atoms with E-state index in [0.717, 1.165) is 6.26 Å². The van der Waals surface area contributed by atoms with E-state index in [2.05, 4.69) is 5.32 Å². The van der Waals surface area contributed by atoms with Crippen LogP contribution in [0.3, 0.4) is 0 Å². The quantitative estimate of drug-likeness (QED) is 0.856. The number of methoxy groups -OCH3 is 2. The summed E-state index contributed by atoms with van der Waals surface area (Å²) in [6, 6.07) is 4.81. The van der Waals surface area contributed by atoms with Gasteiger partial charge in [-0.05, 0) is 32.0 Å². The zero-order valence-electron chi connectivity index (χ0n) is 12.8. The van der Waals surface area contributed by atoms with Crippen molar-refractivity contribution in [1.82, 2.24) is 5.32 Å². The molecule has 0 aliphatic heterocycles. The Bertz CT molecular complexity index is 612. The second-order valence-corrected chi connectivity index (χ2v) is 7.18. The second kappa shape index (κ2) is 6.80. The average molecular weight is 315 g/mol. The molecule has 1 rings (SSSR count). The summed E-state index contributed by atoms with van der Waals surface area (Å²) in [6.45, 7) is 3.12. The van der Waals surface area contributed by atoms with Crippen LogP contribution in [-0.2, 0) is 14.6 Å². The molecule has 1 aromatic rings. The standard InChI is InChI=1S/C14H21NO5S/c1-9(15-14(16)10(2)21(5,17)18)12-8-11(19-3)6-7-13(12)20-4/h6-10H,1-5H3,(H,15,16)/t9-,10-/m1/s1. The molecule has 6 nitrogen and oxygen atoms in total. The third-order valence-electron chi connectivity index (χ3n) is 3.27. The number of rotatable bonds is 6. The molecule has 0 aromatic heterocycles. The molecule has 1 amide bonds. The van der Waals surface area contributed by atoms with Gasteiger partial charge in [-0.1, -0.05) is 0 Å². The lowest BCUT2D eigenvalue weighted by atomic mass is 10.1. The van der Waals surface area contributed by atoms with Gasteiger partial charge in [0.1, 0.15) is 16.7 Å². The number of ether oxygens (including phenoxy) is 2. The summed E-state index contributed by atoms with van der Waals surface area (Å²) in [5.41, 5.74) is 0.714. The maximum atomic E-state index is 12.0. The van der Waals surface area contributed by atoms with E-state index in [1.165, 1.54) is 14.0 Å². The van der Waals surface area contributed by atoms with Gasteiger partial charge in [0.05, 0.1) is 20.3 Å². The van der Waals surface area contributed by atoms with E-state index in [0.29, 0.717) is 17.1 Å². The van der Waals surface area contributed by atoms with E-state index in [1.54, 1.807) is 32.2 Å². The third-order valence-corrected chi connectivity index (χ3v) is 4.77. The van der Waals surface area contributed by atoms with Crippen molar-refractivity contribution in [2.45, 2.75) is 25.1 Å². The Kier molecular flexibility index (Phi) is 5.60. The van der Waals surface area contributed by atoms with Crippen LogP contribution in [0.25, 0.3) is 0 Å². The number of benzene rings is 1. The van der Waals surface area contributed by atoms with Gasteiger partial charge in [-0.15, -0.1) is 0 Å². The highest BCUT2D eigenvalue weighted by Gasteiger charge is 2.25. The highest BCUT2D eigenvalue weighted by Crippen LogP contribution is 2.29. The van der Waals surface area contributed by atoms with Crippen LogP contribution in [0.2, 0.25) is 0 Å². The first-order valence-electron chi connectivity index (χ1n) is 6.41. The highest BCUT2D eigenvalue weighted by atomic mass is 32.2. The lowest BCUT2D eigenvalue weighted by Crippen LogP contribution is -2.38. The molecule has 0 saturated heterocycles. The SMILES string of the molecule is COc1ccc(OC)c([C@@H](C)NC(=O)[C@@H](C)S(C)(=O)=O)c1. The number of hydrogen-bond acceptors (Lipinski definition) is 5. The van der Waals surface area contributed by atoms with Gasteiger partial charge in [0.2, 0.25) is 5.91 Å². The van der Waals surface area contributed by atoms with Crippen LogP contribution in [0.5, 0.6) is 11.5 Å². The second-order valence-electron chi connectivity index (χ2n) is 4.81. The molecule has 0 fully saturated rings. The predicted molar refractivity (Wildman–Crippen MR) is 80.4 cm³/mol. The minimum Gasteiger partial charge on any atom is -0.497 e. The number of sulfone groups is 1. The van der Waals surface area contributed by atoms with Crippen LogP contribution in [-0.4, -0.2) is 40.1 Å². The van der Waals surface area contributed by atoms with Crippen molar-refractivity contribution in [2.75, 3.05) is 20.5 Å². The molecule has 7 heteroatoms. The summed E-state index contributed by atoms with van der Waals surface area (Å²) >= 11 is 0. The van der Waals surface area contributed by atoms with Gasteiger partial charge in [0.25, 0.3) is 0 Å². The molecule has 118 valence electrons. The average Bonchev–Trinajstić information content (AvgIpc) is 2.44. The van der Waals surface area contributed by atoms with Gasteiger partial charge in [0, 0.05) is 11.8 Å². The van der Waals surface area contributed by atoms with Crippen molar-refractivity contribution in [3.05, 3.63) is 23.8 Å². The Morgan fingerprint density at radius 2 is 1.81 bits per heavy atom. The Labute approximate surface area is 125 Å². The van der Waals surface area contributed by atoms with Crippen LogP contribution in [0, 0.1) is 0 Å². The van der Waals surface area contributed by atoms with E-state index in [-0.39, 0.29) is 0 Å². The maximum absolute atomic E-state index is 12.0. The summed E-state index contributed by atoms with van der Waals surface area (Å²) < 4.78 is 33.2.